The van der Waals surface area contributed by atoms with Gasteiger partial charge in [0.2, 0.25) is 5.89 Å². The van der Waals surface area contributed by atoms with Gasteiger partial charge in [0.25, 0.3) is 0 Å². The molecular formula is C14H23N5O3S. The molecule has 1 unspecified atom stereocenters. The number of hydrogen-bond donors (Lipinski definition) is 2. The number of thioether (sulfide) groups is 1. The molecule has 0 aliphatic carbocycles. The van der Waals surface area contributed by atoms with Gasteiger partial charge in [-0.3, -0.25) is 4.90 Å². The van der Waals surface area contributed by atoms with Crippen molar-refractivity contribution in [3.8, 4) is 0 Å². The highest BCUT2D eigenvalue weighted by molar-refractivity contribution is 7.99. The summed E-state index contributed by atoms with van der Waals surface area (Å²) in [6, 6.07) is -0.203. The van der Waals surface area contributed by atoms with Crippen LogP contribution >= 0.6 is 11.8 Å². The number of carbonyl (C=O) groups is 1. The van der Waals surface area contributed by atoms with Crippen LogP contribution in [-0.4, -0.2) is 71.0 Å². The summed E-state index contributed by atoms with van der Waals surface area (Å²) < 4.78 is 10.4. The van der Waals surface area contributed by atoms with Gasteiger partial charge in [-0.1, -0.05) is 5.16 Å². The molecule has 23 heavy (non-hydrogen) atoms. The normalized spacial score (nSPS) is 25.4. The van der Waals surface area contributed by atoms with E-state index in [4.69, 9.17) is 9.26 Å². The molecule has 2 aliphatic rings. The molecule has 8 nitrogen and oxygen atoms in total. The minimum Gasteiger partial charge on any atom is -0.379 e. The third kappa shape index (κ3) is 4.15. The number of nitrogens with zero attached hydrogens (tertiary/aromatic N) is 3. The largest absolute Gasteiger partial charge is 0.379 e. The van der Waals surface area contributed by atoms with Gasteiger partial charge < -0.3 is 19.9 Å². The Kier molecular flexibility index (Phi) is 5.39. The van der Waals surface area contributed by atoms with Gasteiger partial charge in [-0.05, 0) is 19.1 Å². The van der Waals surface area contributed by atoms with Gasteiger partial charge in [-0.15, -0.1) is 0 Å². The highest BCUT2D eigenvalue weighted by Crippen LogP contribution is 2.33. The summed E-state index contributed by atoms with van der Waals surface area (Å²) in [4.78, 5) is 18.6. The van der Waals surface area contributed by atoms with Gasteiger partial charge in [0.1, 0.15) is 0 Å². The van der Waals surface area contributed by atoms with E-state index in [1.807, 2.05) is 11.8 Å². The average molecular weight is 341 g/mol. The molecular weight excluding hydrogens is 318 g/mol. The number of urea groups is 1. The second-order valence-corrected chi connectivity index (χ2v) is 7.00. The molecule has 2 N–H and O–H groups in total. The number of aryl methyl sites for hydroxylation is 1. The fraction of sp³-hybridized carbons (Fsp3) is 0.786. The topological polar surface area (TPSA) is 92.5 Å². The minimum absolute atomic E-state index is 0.0485. The van der Waals surface area contributed by atoms with E-state index in [0.717, 1.165) is 44.2 Å². The average Bonchev–Trinajstić information content (AvgIpc) is 3.22. The van der Waals surface area contributed by atoms with Crippen molar-refractivity contribution in [2.45, 2.75) is 25.4 Å². The minimum atomic E-state index is -0.203. The maximum absolute atomic E-state index is 12.0. The van der Waals surface area contributed by atoms with Crippen LogP contribution in [0, 0.1) is 6.92 Å². The number of morpholine rings is 1. The lowest BCUT2D eigenvalue weighted by molar-refractivity contribution is -0.0124. The Labute approximate surface area is 139 Å². The van der Waals surface area contributed by atoms with E-state index in [1.165, 1.54) is 0 Å². The summed E-state index contributed by atoms with van der Waals surface area (Å²) in [5.41, 5.74) is 0.0485. The molecule has 2 aliphatic heterocycles. The van der Waals surface area contributed by atoms with E-state index in [1.54, 1.807) is 6.92 Å². The molecule has 0 saturated carbocycles. The number of amides is 2. The van der Waals surface area contributed by atoms with Crippen LogP contribution < -0.4 is 10.6 Å². The zero-order valence-electron chi connectivity index (χ0n) is 13.3. The number of aromatic nitrogens is 2. The number of carbonyl (C=O) groups excluding carboxylic acids is 1. The molecule has 2 fully saturated rings. The molecule has 0 spiro atoms. The second-order valence-electron chi connectivity index (χ2n) is 5.90. The molecule has 0 aromatic carbocycles. The fourth-order valence-corrected chi connectivity index (χ4v) is 4.49. The second kappa shape index (κ2) is 7.50. The monoisotopic (exact) mass is 341 g/mol. The Balaban J connectivity index is 1.49. The summed E-state index contributed by atoms with van der Waals surface area (Å²) in [7, 11) is 0. The van der Waals surface area contributed by atoms with E-state index < -0.39 is 0 Å². The number of hydrogen-bond acceptors (Lipinski definition) is 7. The first kappa shape index (κ1) is 16.5. The van der Waals surface area contributed by atoms with Crippen LogP contribution in [0.5, 0.6) is 0 Å². The lowest BCUT2D eigenvalue weighted by atomic mass is 9.95. The summed E-state index contributed by atoms with van der Waals surface area (Å²) in [5, 5.41) is 9.46. The molecule has 9 heteroatoms. The van der Waals surface area contributed by atoms with Crippen LogP contribution in [0.3, 0.4) is 0 Å². The molecule has 128 valence electrons. The highest BCUT2D eigenvalue weighted by atomic mass is 32.2. The summed E-state index contributed by atoms with van der Waals surface area (Å²) >= 11 is 1.95. The fourth-order valence-electron chi connectivity index (χ4n) is 3.01. The van der Waals surface area contributed by atoms with Crippen LogP contribution in [-0.2, 0) is 11.3 Å². The van der Waals surface area contributed by atoms with Gasteiger partial charge in [-0.25, -0.2) is 4.79 Å². The van der Waals surface area contributed by atoms with Crippen molar-refractivity contribution in [3.05, 3.63) is 11.7 Å². The van der Waals surface area contributed by atoms with Crippen molar-refractivity contribution in [1.29, 1.82) is 0 Å². The maximum atomic E-state index is 12.0. The van der Waals surface area contributed by atoms with Crippen LogP contribution in [0.1, 0.15) is 18.1 Å². The van der Waals surface area contributed by atoms with Gasteiger partial charge in [0.15, 0.2) is 5.82 Å². The summed E-state index contributed by atoms with van der Waals surface area (Å²) in [5.74, 6) is 3.17. The number of nitrogens with one attached hydrogen (secondary N) is 2. The van der Waals surface area contributed by atoms with E-state index in [2.05, 4.69) is 25.7 Å². The smallest absolute Gasteiger partial charge is 0.315 e. The molecule has 3 heterocycles. The first-order valence-electron chi connectivity index (χ1n) is 7.89. The van der Waals surface area contributed by atoms with E-state index in [0.29, 0.717) is 18.3 Å². The Morgan fingerprint density at radius 2 is 2.22 bits per heavy atom. The van der Waals surface area contributed by atoms with Crippen molar-refractivity contribution in [1.82, 2.24) is 25.7 Å². The number of ether oxygens (including phenoxy) is 1. The zero-order valence-corrected chi connectivity index (χ0v) is 14.2. The summed E-state index contributed by atoms with van der Waals surface area (Å²) in [6.45, 7) is 6.05. The predicted octanol–water partition coefficient (Wildman–Crippen LogP) is 0.385. The Morgan fingerprint density at radius 1 is 1.39 bits per heavy atom. The van der Waals surface area contributed by atoms with Crippen molar-refractivity contribution in [2.24, 2.45) is 0 Å². The molecule has 1 aromatic heterocycles. The van der Waals surface area contributed by atoms with E-state index >= 15 is 0 Å². The molecule has 1 atom stereocenters. The molecule has 2 amide bonds. The SMILES string of the molecule is Cc1noc(CNC(=O)NCC2(N3CCOCC3)CCSC2)n1. The number of rotatable bonds is 5. The Hall–Kier alpha value is -1.32. The zero-order chi connectivity index (χ0) is 16.1. The van der Waals surface area contributed by atoms with Crippen molar-refractivity contribution >= 4 is 17.8 Å². The highest BCUT2D eigenvalue weighted by Gasteiger charge is 2.40. The maximum Gasteiger partial charge on any atom is 0.315 e. The van der Waals surface area contributed by atoms with Crippen LogP contribution in [0.2, 0.25) is 0 Å². The van der Waals surface area contributed by atoms with E-state index in [9.17, 15) is 4.79 Å². The summed E-state index contributed by atoms with van der Waals surface area (Å²) in [6.07, 6.45) is 1.10. The lowest BCUT2D eigenvalue weighted by Crippen LogP contribution is -2.59. The standard InChI is InChI=1S/C14H23N5O3S/c1-11-17-12(22-18-11)8-15-13(20)16-9-14(2-7-23-10-14)19-3-5-21-6-4-19/h2-10H2,1H3,(H2,15,16,20). The molecule has 2 saturated heterocycles. The third-order valence-corrected chi connectivity index (χ3v) is 5.55. The molecule has 3 rings (SSSR count). The molecule has 0 radical (unpaired) electrons. The quantitative estimate of drug-likeness (QED) is 0.800. The molecule has 1 aromatic rings. The third-order valence-electron chi connectivity index (χ3n) is 4.31. The Bertz CT molecular complexity index is 526. The first-order chi connectivity index (χ1) is 11.2. The van der Waals surface area contributed by atoms with E-state index in [-0.39, 0.29) is 18.1 Å². The predicted molar refractivity (Wildman–Crippen MR) is 86.3 cm³/mol. The van der Waals surface area contributed by atoms with Gasteiger partial charge in [-0.2, -0.15) is 16.7 Å². The van der Waals surface area contributed by atoms with Gasteiger partial charge in [0.05, 0.1) is 19.8 Å². The van der Waals surface area contributed by atoms with Gasteiger partial charge >= 0.3 is 6.03 Å². The van der Waals surface area contributed by atoms with Crippen molar-refractivity contribution in [2.75, 3.05) is 44.4 Å². The van der Waals surface area contributed by atoms with Crippen LogP contribution in [0.25, 0.3) is 0 Å². The van der Waals surface area contributed by atoms with Crippen molar-refractivity contribution < 1.29 is 14.1 Å². The molecule has 0 bridgehead atoms. The van der Waals surface area contributed by atoms with Gasteiger partial charge in [0, 0.05) is 30.9 Å². The van der Waals surface area contributed by atoms with Crippen LogP contribution in [0.4, 0.5) is 4.79 Å². The Morgan fingerprint density at radius 3 is 2.87 bits per heavy atom. The van der Waals surface area contributed by atoms with Crippen LogP contribution in [0.15, 0.2) is 4.52 Å². The van der Waals surface area contributed by atoms with Crippen molar-refractivity contribution in [3.63, 3.8) is 0 Å². The first-order valence-corrected chi connectivity index (χ1v) is 9.05. The lowest BCUT2D eigenvalue weighted by Gasteiger charge is -2.43.